The van der Waals surface area contributed by atoms with Gasteiger partial charge in [-0.25, -0.2) is 9.67 Å². The van der Waals surface area contributed by atoms with Crippen molar-refractivity contribution in [3.05, 3.63) is 70.1 Å². The number of halogens is 1. The number of nitro groups is 1. The summed E-state index contributed by atoms with van der Waals surface area (Å²) in [5, 5.41) is 15.1. The van der Waals surface area contributed by atoms with Crippen LogP contribution in [0.4, 0.5) is 5.69 Å². The summed E-state index contributed by atoms with van der Waals surface area (Å²) in [5.41, 5.74) is 0.609. The van der Waals surface area contributed by atoms with Gasteiger partial charge >= 0.3 is 0 Å². The lowest BCUT2D eigenvalue weighted by molar-refractivity contribution is -0.384. The summed E-state index contributed by atoms with van der Waals surface area (Å²) < 4.78 is 7.15. The van der Waals surface area contributed by atoms with Crippen molar-refractivity contribution in [2.45, 2.75) is 0 Å². The Morgan fingerprint density at radius 3 is 2.82 bits per heavy atom. The molecule has 2 heterocycles. The molecule has 0 saturated carbocycles. The van der Waals surface area contributed by atoms with Crippen molar-refractivity contribution in [1.82, 2.24) is 14.8 Å². The first-order valence-electron chi connectivity index (χ1n) is 6.22. The van der Waals surface area contributed by atoms with Crippen LogP contribution in [0.25, 0.3) is 5.69 Å². The number of benzene rings is 1. The van der Waals surface area contributed by atoms with E-state index in [1.165, 1.54) is 18.2 Å². The molecule has 0 amide bonds. The number of aromatic nitrogens is 3. The molecule has 7 nitrogen and oxygen atoms in total. The molecule has 0 bridgehead atoms. The van der Waals surface area contributed by atoms with E-state index < -0.39 is 4.92 Å². The topological polar surface area (TPSA) is 83.1 Å². The molecule has 0 unspecified atom stereocenters. The van der Waals surface area contributed by atoms with Gasteiger partial charge in [0.15, 0.2) is 0 Å². The van der Waals surface area contributed by atoms with Crippen molar-refractivity contribution in [3.8, 4) is 17.3 Å². The van der Waals surface area contributed by atoms with Crippen LogP contribution in [0.5, 0.6) is 11.6 Å². The van der Waals surface area contributed by atoms with Gasteiger partial charge in [0.1, 0.15) is 10.9 Å². The molecule has 1 aromatic carbocycles. The average Bonchev–Trinajstić information content (AvgIpc) is 3.01. The molecule has 0 radical (unpaired) electrons. The first-order chi connectivity index (χ1) is 10.6. The van der Waals surface area contributed by atoms with Gasteiger partial charge in [-0.05, 0) is 12.1 Å². The summed E-state index contributed by atoms with van der Waals surface area (Å²) in [5.74, 6) is 0.522. The summed E-state index contributed by atoms with van der Waals surface area (Å²) >= 11 is 5.97. The highest BCUT2D eigenvalue weighted by atomic mass is 35.5. The van der Waals surface area contributed by atoms with Crippen molar-refractivity contribution in [3.63, 3.8) is 0 Å². The second-order valence-electron chi connectivity index (χ2n) is 4.29. The van der Waals surface area contributed by atoms with Crippen LogP contribution in [0.3, 0.4) is 0 Å². The number of nitrogens with zero attached hydrogens (tertiary/aromatic N) is 4. The fourth-order valence-corrected chi connectivity index (χ4v) is 2.04. The predicted octanol–water partition coefficient (Wildman–Crippen LogP) is 3.62. The Labute approximate surface area is 129 Å². The fourth-order valence-electron chi connectivity index (χ4n) is 1.85. The smallest absolute Gasteiger partial charge is 0.273 e. The Morgan fingerprint density at radius 2 is 2.09 bits per heavy atom. The summed E-state index contributed by atoms with van der Waals surface area (Å²) in [7, 11) is 0. The third-order valence-corrected chi connectivity index (χ3v) is 2.97. The average molecular weight is 317 g/mol. The molecule has 0 N–H and O–H groups in total. The number of hydrogen-bond acceptors (Lipinski definition) is 5. The molecule has 0 atom stereocenters. The number of hydrogen-bond donors (Lipinski definition) is 0. The normalized spacial score (nSPS) is 10.4. The summed E-state index contributed by atoms with van der Waals surface area (Å²) in [6.45, 7) is 0. The Kier molecular flexibility index (Phi) is 3.71. The van der Waals surface area contributed by atoms with Crippen LogP contribution in [-0.4, -0.2) is 19.7 Å². The van der Waals surface area contributed by atoms with E-state index in [0.29, 0.717) is 11.4 Å². The minimum atomic E-state index is -0.493. The molecular weight excluding hydrogens is 308 g/mol. The van der Waals surface area contributed by atoms with Crippen LogP contribution in [0, 0.1) is 10.1 Å². The maximum Gasteiger partial charge on any atom is 0.273 e. The van der Waals surface area contributed by atoms with Crippen molar-refractivity contribution in [1.29, 1.82) is 0 Å². The van der Waals surface area contributed by atoms with E-state index in [1.54, 1.807) is 41.3 Å². The molecule has 110 valence electrons. The Hall–Kier alpha value is -2.93. The molecule has 2 aromatic heterocycles. The maximum atomic E-state index is 10.8. The highest BCUT2D eigenvalue weighted by Gasteiger charge is 2.09. The number of nitro benzene ring substituents is 1. The second-order valence-corrected chi connectivity index (χ2v) is 4.68. The number of pyridine rings is 1. The SMILES string of the molecule is O=[N+]([O-])c1cccc(Oc2cc(-n3cccn3)cc(Cl)n2)c1. The van der Waals surface area contributed by atoms with Crippen molar-refractivity contribution >= 4 is 17.3 Å². The standard InChI is InChI=1S/C14H9ClN4O3/c15-13-8-11(18-6-2-5-16-18)9-14(17-13)22-12-4-1-3-10(7-12)19(20)21/h1-9H. The van der Waals surface area contributed by atoms with Crippen LogP contribution in [0.1, 0.15) is 0 Å². The number of non-ortho nitro benzene ring substituents is 1. The monoisotopic (exact) mass is 316 g/mol. The lowest BCUT2D eigenvalue weighted by Gasteiger charge is -2.07. The molecule has 3 rings (SSSR count). The molecule has 0 aliphatic rings. The highest BCUT2D eigenvalue weighted by molar-refractivity contribution is 6.29. The third kappa shape index (κ3) is 3.04. The van der Waals surface area contributed by atoms with Crippen LogP contribution in [0.2, 0.25) is 5.15 Å². The lowest BCUT2D eigenvalue weighted by atomic mass is 10.3. The molecule has 0 spiro atoms. The molecule has 0 saturated heterocycles. The molecule has 0 aliphatic carbocycles. The van der Waals surface area contributed by atoms with Gasteiger partial charge in [0.05, 0.1) is 16.7 Å². The minimum absolute atomic E-state index is 0.0631. The summed E-state index contributed by atoms with van der Waals surface area (Å²) in [6, 6.07) is 10.9. The largest absolute Gasteiger partial charge is 0.439 e. The van der Waals surface area contributed by atoms with Crippen molar-refractivity contribution < 1.29 is 9.66 Å². The molecule has 0 fully saturated rings. The van der Waals surface area contributed by atoms with Crippen LogP contribution in [0.15, 0.2) is 54.9 Å². The van der Waals surface area contributed by atoms with Crippen molar-refractivity contribution in [2.75, 3.05) is 0 Å². The van der Waals surface area contributed by atoms with Gasteiger partial charge in [0, 0.05) is 30.6 Å². The van der Waals surface area contributed by atoms with Gasteiger partial charge in [-0.15, -0.1) is 0 Å². The summed E-state index contributed by atoms with van der Waals surface area (Å²) in [6.07, 6.45) is 3.39. The van der Waals surface area contributed by atoms with Crippen LogP contribution in [-0.2, 0) is 0 Å². The zero-order valence-corrected chi connectivity index (χ0v) is 11.8. The maximum absolute atomic E-state index is 10.8. The first-order valence-corrected chi connectivity index (χ1v) is 6.59. The van der Waals surface area contributed by atoms with Gasteiger partial charge in [0.2, 0.25) is 5.88 Å². The Balaban J connectivity index is 1.92. The van der Waals surface area contributed by atoms with E-state index in [9.17, 15) is 10.1 Å². The molecule has 8 heteroatoms. The molecular formula is C14H9ClN4O3. The van der Waals surface area contributed by atoms with E-state index >= 15 is 0 Å². The van der Waals surface area contributed by atoms with E-state index in [4.69, 9.17) is 16.3 Å². The van der Waals surface area contributed by atoms with Gasteiger partial charge in [-0.2, -0.15) is 5.10 Å². The third-order valence-electron chi connectivity index (χ3n) is 2.78. The number of ether oxygens (including phenoxy) is 1. The van der Waals surface area contributed by atoms with Crippen molar-refractivity contribution in [2.24, 2.45) is 0 Å². The highest BCUT2D eigenvalue weighted by Crippen LogP contribution is 2.26. The van der Waals surface area contributed by atoms with E-state index in [-0.39, 0.29) is 16.7 Å². The Morgan fingerprint density at radius 1 is 1.23 bits per heavy atom. The van der Waals surface area contributed by atoms with Crippen LogP contribution >= 0.6 is 11.6 Å². The summed E-state index contributed by atoms with van der Waals surface area (Å²) in [4.78, 5) is 14.3. The van der Waals surface area contributed by atoms with Gasteiger partial charge < -0.3 is 4.74 Å². The first kappa shape index (κ1) is 14.0. The quantitative estimate of drug-likeness (QED) is 0.417. The zero-order chi connectivity index (χ0) is 15.5. The van der Waals surface area contributed by atoms with Gasteiger partial charge in [-0.1, -0.05) is 17.7 Å². The second kappa shape index (κ2) is 5.82. The predicted molar refractivity (Wildman–Crippen MR) is 79.5 cm³/mol. The molecule has 3 aromatic rings. The van der Waals surface area contributed by atoms with E-state index in [2.05, 4.69) is 10.1 Å². The fraction of sp³-hybridized carbons (Fsp3) is 0. The van der Waals surface area contributed by atoms with Gasteiger partial charge in [0.25, 0.3) is 5.69 Å². The Bertz CT molecular complexity index is 821. The van der Waals surface area contributed by atoms with Crippen LogP contribution < -0.4 is 4.74 Å². The lowest BCUT2D eigenvalue weighted by Crippen LogP contribution is -1.97. The van der Waals surface area contributed by atoms with E-state index in [0.717, 1.165) is 0 Å². The zero-order valence-electron chi connectivity index (χ0n) is 11.1. The van der Waals surface area contributed by atoms with E-state index in [1.807, 2.05) is 0 Å². The van der Waals surface area contributed by atoms with Gasteiger partial charge in [-0.3, -0.25) is 10.1 Å². The molecule has 22 heavy (non-hydrogen) atoms. The number of rotatable bonds is 4. The molecule has 0 aliphatic heterocycles. The minimum Gasteiger partial charge on any atom is -0.439 e.